The van der Waals surface area contributed by atoms with Crippen LogP contribution in [0.2, 0.25) is 5.02 Å². The zero-order valence-electron chi connectivity index (χ0n) is 11.8. The highest BCUT2D eigenvalue weighted by molar-refractivity contribution is 6.45. The third-order valence-corrected chi connectivity index (χ3v) is 3.28. The number of methoxy groups -OCH3 is 1. The van der Waals surface area contributed by atoms with E-state index in [0.717, 1.165) is 0 Å². The van der Waals surface area contributed by atoms with Crippen LogP contribution in [0, 0.1) is 0 Å². The van der Waals surface area contributed by atoms with Gasteiger partial charge in [-0.1, -0.05) is 11.6 Å². The number of nitrogens with one attached hydrogen (secondary N) is 1. The van der Waals surface area contributed by atoms with Gasteiger partial charge in [-0.2, -0.15) is 0 Å². The number of imide groups is 2. The van der Waals surface area contributed by atoms with Crippen LogP contribution in [0.5, 0.6) is 5.75 Å². The summed E-state index contributed by atoms with van der Waals surface area (Å²) >= 11 is 5.92. The molecule has 1 fully saturated rings. The van der Waals surface area contributed by atoms with Crippen LogP contribution in [0.4, 0.5) is 10.5 Å². The topological polar surface area (TPSA) is 96.0 Å². The summed E-state index contributed by atoms with van der Waals surface area (Å²) in [6, 6.07) is 3.73. The van der Waals surface area contributed by atoms with E-state index in [2.05, 4.69) is 5.32 Å². The van der Waals surface area contributed by atoms with Gasteiger partial charge < -0.3 is 10.1 Å². The largest absolute Gasteiger partial charge is 0.495 e. The quantitative estimate of drug-likeness (QED) is 0.649. The molecule has 1 saturated heterocycles. The van der Waals surface area contributed by atoms with Crippen molar-refractivity contribution in [3.63, 3.8) is 0 Å². The molecule has 0 unspecified atom stereocenters. The molecule has 1 aromatic carbocycles. The Morgan fingerprint density at radius 3 is 2.45 bits per heavy atom. The maximum atomic E-state index is 11.9. The zero-order valence-corrected chi connectivity index (χ0v) is 12.5. The highest BCUT2D eigenvalue weighted by Crippen LogP contribution is 2.27. The Labute approximate surface area is 130 Å². The van der Waals surface area contributed by atoms with Gasteiger partial charge in [0.05, 0.1) is 12.1 Å². The number of amides is 5. The standard InChI is InChI=1S/C13H12ClN3O5/c1-16-11(19)12(20)17(13(16)21)6-10(18)15-7-3-4-9(22-2)8(14)5-7/h3-5H,6H2,1-2H3,(H,15,18). The number of anilines is 1. The lowest BCUT2D eigenvalue weighted by atomic mass is 10.3. The molecule has 2 rings (SSSR count). The summed E-state index contributed by atoms with van der Waals surface area (Å²) in [7, 11) is 2.63. The number of benzene rings is 1. The van der Waals surface area contributed by atoms with Crippen LogP contribution in [0.15, 0.2) is 18.2 Å². The highest BCUT2D eigenvalue weighted by atomic mass is 35.5. The molecule has 0 bridgehead atoms. The average Bonchev–Trinajstić information content (AvgIpc) is 2.65. The van der Waals surface area contributed by atoms with Gasteiger partial charge in [-0.3, -0.25) is 19.3 Å². The fourth-order valence-corrected chi connectivity index (χ4v) is 2.10. The Balaban J connectivity index is 2.05. The molecule has 5 amide bonds. The molecule has 0 aliphatic carbocycles. The monoisotopic (exact) mass is 325 g/mol. The number of halogens is 1. The van der Waals surface area contributed by atoms with Gasteiger partial charge in [-0.25, -0.2) is 9.69 Å². The van der Waals surface area contributed by atoms with Crippen molar-refractivity contribution >= 4 is 41.0 Å². The molecule has 1 aliphatic rings. The second-order valence-electron chi connectivity index (χ2n) is 4.44. The fourth-order valence-electron chi connectivity index (χ4n) is 1.84. The van der Waals surface area contributed by atoms with Crippen LogP contribution in [-0.2, 0) is 14.4 Å². The SMILES string of the molecule is COc1ccc(NC(=O)CN2C(=O)C(=O)N(C)C2=O)cc1Cl. The summed E-state index contributed by atoms with van der Waals surface area (Å²) < 4.78 is 4.98. The number of carbonyl (C=O) groups is 4. The summed E-state index contributed by atoms with van der Waals surface area (Å²) in [5, 5.41) is 2.77. The van der Waals surface area contributed by atoms with Crippen LogP contribution in [0.25, 0.3) is 0 Å². The summed E-state index contributed by atoms with van der Waals surface area (Å²) in [6.45, 7) is -0.558. The van der Waals surface area contributed by atoms with Gasteiger partial charge in [0.2, 0.25) is 5.91 Å². The minimum absolute atomic E-state index is 0.295. The Bertz CT molecular complexity index is 676. The van der Waals surface area contributed by atoms with Crippen molar-refractivity contribution in [1.82, 2.24) is 9.80 Å². The first-order valence-electron chi connectivity index (χ1n) is 6.12. The van der Waals surface area contributed by atoms with Crippen molar-refractivity contribution < 1.29 is 23.9 Å². The number of rotatable bonds is 4. The molecule has 1 N–H and O–H groups in total. The maximum absolute atomic E-state index is 11.9. The van der Waals surface area contributed by atoms with Gasteiger partial charge in [-0.05, 0) is 18.2 Å². The predicted molar refractivity (Wildman–Crippen MR) is 76.5 cm³/mol. The molecule has 0 spiro atoms. The maximum Gasteiger partial charge on any atom is 0.334 e. The minimum atomic E-state index is -1.03. The highest BCUT2D eigenvalue weighted by Gasteiger charge is 2.42. The first-order valence-corrected chi connectivity index (χ1v) is 6.50. The summed E-state index contributed by atoms with van der Waals surface area (Å²) in [4.78, 5) is 47.6. The number of hydrogen-bond donors (Lipinski definition) is 1. The second-order valence-corrected chi connectivity index (χ2v) is 4.84. The molecule has 1 heterocycles. The number of urea groups is 1. The molecule has 0 aromatic heterocycles. The van der Waals surface area contributed by atoms with Crippen LogP contribution in [0.1, 0.15) is 0 Å². The van der Waals surface area contributed by atoms with E-state index in [-0.39, 0.29) is 0 Å². The molecule has 8 nitrogen and oxygen atoms in total. The lowest BCUT2D eigenvalue weighted by Gasteiger charge is -2.13. The third kappa shape index (κ3) is 2.86. The lowest BCUT2D eigenvalue weighted by Crippen LogP contribution is -2.38. The zero-order chi connectivity index (χ0) is 16.4. The fraction of sp³-hybridized carbons (Fsp3) is 0.231. The minimum Gasteiger partial charge on any atom is -0.495 e. The predicted octanol–water partition coefficient (Wildman–Crippen LogP) is 0.708. The Morgan fingerprint density at radius 1 is 1.27 bits per heavy atom. The normalized spacial score (nSPS) is 14.6. The van der Waals surface area contributed by atoms with E-state index < -0.39 is 30.3 Å². The van der Waals surface area contributed by atoms with Gasteiger partial charge in [0.1, 0.15) is 12.3 Å². The Morgan fingerprint density at radius 2 is 1.95 bits per heavy atom. The molecular weight excluding hydrogens is 314 g/mol. The first kappa shape index (κ1) is 15.8. The van der Waals surface area contributed by atoms with E-state index >= 15 is 0 Å². The summed E-state index contributed by atoms with van der Waals surface area (Å²) in [5.74, 6) is -2.19. The number of nitrogens with zero attached hydrogens (tertiary/aromatic N) is 2. The molecule has 0 radical (unpaired) electrons. The Kier molecular flexibility index (Phi) is 4.32. The van der Waals surface area contributed by atoms with E-state index in [4.69, 9.17) is 16.3 Å². The van der Waals surface area contributed by atoms with Gasteiger partial charge in [-0.15, -0.1) is 0 Å². The van der Waals surface area contributed by atoms with Crippen molar-refractivity contribution in [1.29, 1.82) is 0 Å². The lowest BCUT2D eigenvalue weighted by molar-refractivity contribution is -0.143. The second kappa shape index (κ2) is 6.02. The van der Waals surface area contributed by atoms with E-state index in [1.165, 1.54) is 20.2 Å². The third-order valence-electron chi connectivity index (χ3n) is 2.99. The molecule has 1 aliphatic heterocycles. The molecule has 1 aromatic rings. The van der Waals surface area contributed by atoms with Gasteiger partial charge >= 0.3 is 17.8 Å². The number of hydrogen-bond acceptors (Lipinski definition) is 5. The number of likely N-dealkylation sites (N-methyl/N-ethyl adjacent to an activating group) is 1. The number of carbonyl (C=O) groups excluding carboxylic acids is 4. The molecule has 22 heavy (non-hydrogen) atoms. The van der Waals surface area contributed by atoms with Crippen molar-refractivity contribution in [2.45, 2.75) is 0 Å². The molecule has 0 saturated carbocycles. The molecule has 9 heteroatoms. The van der Waals surface area contributed by atoms with Crippen molar-refractivity contribution in [2.24, 2.45) is 0 Å². The van der Waals surface area contributed by atoms with E-state index in [1.807, 2.05) is 0 Å². The van der Waals surface area contributed by atoms with E-state index in [9.17, 15) is 19.2 Å². The summed E-state index contributed by atoms with van der Waals surface area (Å²) in [5.41, 5.74) is 0.370. The van der Waals surface area contributed by atoms with Crippen LogP contribution < -0.4 is 10.1 Å². The van der Waals surface area contributed by atoms with Crippen molar-refractivity contribution in [3.8, 4) is 5.75 Å². The Hall–Kier alpha value is -2.61. The van der Waals surface area contributed by atoms with Gasteiger partial charge in [0.15, 0.2) is 0 Å². The van der Waals surface area contributed by atoms with Gasteiger partial charge in [0, 0.05) is 12.7 Å². The van der Waals surface area contributed by atoms with Crippen LogP contribution in [-0.4, -0.2) is 54.3 Å². The van der Waals surface area contributed by atoms with E-state index in [1.54, 1.807) is 12.1 Å². The van der Waals surface area contributed by atoms with Crippen LogP contribution in [0.3, 0.4) is 0 Å². The first-order chi connectivity index (χ1) is 10.3. The smallest absolute Gasteiger partial charge is 0.334 e. The van der Waals surface area contributed by atoms with Gasteiger partial charge in [0.25, 0.3) is 0 Å². The van der Waals surface area contributed by atoms with Crippen molar-refractivity contribution in [2.75, 3.05) is 26.0 Å². The van der Waals surface area contributed by atoms with E-state index in [0.29, 0.717) is 26.3 Å². The average molecular weight is 326 g/mol. The van der Waals surface area contributed by atoms with Crippen LogP contribution >= 0.6 is 11.6 Å². The van der Waals surface area contributed by atoms with Crippen molar-refractivity contribution in [3.05, 3.63) is 23.2 Å². The molecular formula is C13H12ClN3O5. The number of ether oxygens (including phenoxy) is 1. The molecule has 0 atom stereocenters. The summed E-state index contributed by atoms with van der Waals surface area (Å²) in [6.07, 6.45) is 0. The molecule has 116 valence electrons.